The van der Waals surface area contributed by atoms with Gasteiger partial charge in [-0.05, 0) is 53.1 Å². The van der Waals surface area contributed by atoms with Crippen LogP contribution in [0.25, 0.3) is 0 Å². The molecule has 1 aliphatic rings. The molecule has 1 aliphatic heterocycles. The van der Waals surface area contributed by atoms with Crippen molar-refractivity contribution >= 4 is 5.91 Å². The topological polar surface area (TPSA) is 61.4 Å². The second-order valence-corrected chi connectivity index (χ2v) is 5.80. The van der Waals surface area contributed by atoms with Crippen LogP contribution >= 0.6 is 0 Å². The molecular formula is C12H24N2O2. The Morgan fingerprint density at radius 3 is 2.50 bits per heavy atom. The third-order valence-corrected chi connectivity index (χ3v) is 3.62. The largest absolute Gasteiger partial charge is 0.388 e. The smallest absolute Gasteiger partial charge is 0.220 e. The van der Waals surface area contributed by atoms with Gasteiger partial charge in [-0.3, -0.25) is 4.79 Å². The highest BCUT2D eigenvalue weighted by molar-refractivity contribution is 5.77. The molecule has 1 saturated heterocycles. The average molecular weight is 228 g/mol. The first-order chi connectivity index (χ1) is 7.22. The van der Waals surface area contributed by atoms with Crippen LogP contribution in [0.2, 0.25) is 0 Å². The van der Waals surface area contributed by atoms with E-state index >= 15 is 0 Å². The van der Waals surface area contributed by atoms with E-state index in [-0.39, 0.29) is 5.91 Å². The molecule has 1 unspecified atom stereocenters. The summed E-state index contributed by atoms with van der Waals surface area (Å²) in [7, 11) is 0. The van der Waals surface area contributed by atoms with Gasteiger partial charge < -0.3 is 15.7 Å². The summed E-state index contributed by atoms with van der Waals surface area (Å²) >= 11 is 0. The van der Waals surface area contributed by atoms with E-state index in [0.29, 0.717) is 12.3 Å². The molecule has 1 heterocycles. The fourth-order valence-electron chi connectivity index (χ4n) is 1.70. The van der Waals surface area contributed by atoms with Crippen molar-refractivity contribution in [3.05, 3.63) is 0 Å². The Morgan fingerprint density at radius 2 is 2.06 bits per heavy atom. The predicted octanol–water partition coefficient (Wildman–Crippen LogP) is 0.652. The summed E-state index contributed by atoms with van der Waals surface area (Å²) < 4.78 is 0. The summed E-state index contributed by atoms with van der Waals surface area (Å²) in [4.78, 5) is 11.8. The molecule has 1 amide bonds. The van der Waals surface area contributed by atoms with Gasteiger partial charge in [0.15, 0.2) is 0 Å². The molecule has 0 aromatic carbocycles. The van der Waals surface area contributed by atoms with Crippen molar-refractivity contribution in [2.24, 2.45) is 5.92 Å². The summed E-state index contributed by atoms with van der Waals surface area (Å²) in [6, 6.07) is 0. The van der Waals surface area contributed by atoms with Crippen LogP contribution in [0.1, 0.15) is 40.5 Å². The number of amides is 1. The molecule has 4 nitrogen and oxygen atoms in total. The van der Waals surface area contributed by atoms with Crippen molar-refractivity contribution in [3.63, 3.8) is 0 Å². The molecule has 0 saturated carbocycles. The first-order valence-electron chi connectivity index (χ1n) is 5.96. The lowest BCUT2D eigenvalue weighted by molar-refractivity contribution is -0.127. The minimum Gasteiger partial charge on any atom is -0.388 e. The van der Waals surface area contributed by atoms with E-state index in [1.54, 1.807) is 13.8 Å². The highest BCUT2D eigenvalue weighted by Gasteiger charge is 2.36. The number of carbonyl (C=O) groups is 1. The van der Waals surface area contributed by atoms with E-state index in [9.17, 15) is 9.90 Å². The molecule has 0 aromatic rings. The SMILES string of the molecule is CC(C)(O)C(C)(C)NC(=O)CC1CCNC1. The maximum absolute atomic E-state index is 11.8. The second-order valence-electron chi connectivity index (χ2n) is 5.80. The fraction of sp³-hybridized carbons (Fsp3) is 0.917. The van der Waals surface area contributed by atoms with E-state index in [0.717, 1.165) is 19.5 Å². The summed E-state index contributed by atoms with van der Waals surface area (Å²) in [6.07, 6.45) is 1.61. The first-order valence-corrected chi connectivity index (χ1v) is 5.96. The van der Waals surface area contributed by atoms with Crippen LogP contribution in [0.15, 0.2) is 0 Å². The third-order valence-electron chi connectivity index (χ3n) is 3.62. The standard InChI is InChI=1S/C12H24N2O2/c1-11(2,12(3,4)16)14-10(15)7-9-5-6-13-8-9/h9,13,16H,5-8H2,1-4H3,(H,14,15). The number of rotatable bonds is 4. The van der Waals surface area contributed by atoms with Crippen LogP contribution in [0.5, 0.6) is 0 Å². The van der Waals surface area contributed by atoms with Crippen LogP contribution in [0.3, 0.4) is 0 Å². The molecule has 1 rings (SSSR count). The lowest BCUT2D eigenvalue weighted by Crippen LogP contribution is -2.57. The molecule has 0 radical (unpaired) electrons. The Kier molecular flexibility index (Phi) is 3.97. The lowest BCUT2D eigenvalue weighted by Gasteiger charge is -2.38. The van der Waals surface area contributed by atoms with Crippen LogP contribution in [-0.4, -0.2) is 35.2 Å². The van der Waals surface area contributed by atoms with Gasteiger partial charge in [0.2, 0.25) is 5.91 Å². The normalized spacial score (nSPS) is 22.2. The molecule has 3 N–H and O–H groups in total. The van der Waals surface area contributed by atoms with Crippen molar-refractivity contribution in [3.8, 4) is 0 Å². The van der Waals surface area contributed by atoms with Gasteiger partial charge in [0, 0.05) is 6.42 Å². The highest BCUT2D eigenvalue weighted by Crippen LogP contribution is 2.21. The quantitative estimate of drug-likeness (QED) is 0.662. The first kappa shape index (κ1) is 13.5. The Bertz CT molecular complexity index is 250. The third kappa shape index (κ3) is 3.46. The lowest BCUT2D eigenvalue weighted by atomic mass is 9.85. The minimum atomic E-state index is -0.920. The summed E-state index contributed by atoms with van der Waals surface area (Å²) in [5.41, 5.74) is -1.52. The molecule has 16 heavy (non-hydrogen) atoms. The summed E-state index contributed by atoms with van der Waals surface area (Å²) in [5.74, 6) is 0.471. The maximum Gasteiger partial charge on any atom is 0.220 e. The number of nitrogens with one attached hydrogen (secondary N) is 2. The van der Waals surface area contributed by atoms with Crippen LogP contribution < -0.4 is 10.6 Å². The number of hydrogen-bond donors (Lipinski definition) is 3. The van der Waals surface area contributed by atoms with E-state index in [1.807, 2.05) is 13.8 Å². The monoisotopic (exact) mass is 228 g/mol. The van der Waals surface area contributed by atoms with Gasteiger partial charge in [0.1, 0.15) is 0 Å². The van der Waals surface area contributed by atoms with Crippen molar-refractivity contribution in [2.45, 2.75) is 51.7 Å². The zero-order chi connectivity index (χ0) is 12.4. The maximum atomic E-state index is 11.8. The van der Waals surface area contributed by atoms with E-state index < -0.39 is 11.1 Å². The predicted molar refractivity (Wildman–Crippen MR) is 64.1 cm³/mol. The number of carbonyl (C=O) groups excluding carboxylic acids is 1. The van der Waals surface area contributed by atoms with Gasteiger partial charge in [0.25, 0.3) is 0 Å². The summed E-state index contributed by atoms with van der Waals surface area (Å²) in [6.45, 7) is 9.05. The molecule has 0 aromatic heterocycles. The van der Waals surface area contributed by atoms with Gasteiger partial charge in [-0.2, -0.15) is 0 Å². The Morgan fingerprint density at radius 1 is 1.44 bits per heavy atom. The van der Waals surface area contributed by atoms with Crippen molar-refractivity contribution in [2.75, 3.05) is 13.1 Å². The van der Waals surface area contributed by atoms with Crippen LogP contribution in [-0.2, 0) is 4.79 Å². The van der Waals surface area contributed by atoms with Crippen LogP contribution in [0, 0.1) is 5.92 Å². The van der Waals surface area contributed by atoms with E-state index in [1.165, 1.54) is 0 Å². The van der Waals surface area contributed by atoms with Crippen molar-refractivity contribution in [1.29, 1.82) is 0 Å². The van der Waals surface area contributed by atoms with Gasteiger partial charge >= 0.3 is 0 Å². The molecule has 4 heteroatoms. The molecule has 1 fully saturated rings. The van der Waals surface area contributed by atoms with Crippen LogP contribution in [0.4, 0.5) is 0 Å². The molecule has 0 spiro atoms. The second kappa shape index (κ2) is 4.72. The Labute approximate surface area is 97.8 Å². The molecule has 1 atom stereocenters. The summed E-state index contributed by atoms with van der Waals surface area (Å²) in [5, 5.41) is 16.1. The fourth-order valence-corrected chi connectivity index (χ4v) is 1.70. The van der Waals surface area contributed by atoms with Crippen molar-refractivity contribution < 1.29 is 9.90 Å². The molecule has 0 bridgehead atoms. The minimum absolute atomic E-state index is 0.0285. The number of aliphatic hydroxyl groups is 1. The van der Waals surface area contributed by atoms with Crippen molar-refractivity contribution in [1.82, 2.24) is 10.6 Å². The zero-order valence-corrected chi connectivity index (χ0v) is 10.8. The zero-order valence-electron chi connectivity index (χ0n) is 10.8. The average Bonchev–Trinajstić information content (AvgIpc) is 2.52. The Balaban J connectivity index is 2.44. The number of hydrogen-bond acceptors (Lipinski definition) is 3. The Hall–Kier alpha value is -0.610. The van der Waals surface area contributed by atoms with Gasteiger partial charge in [-0.15, -0.1) is 0 Å². The highest BCUT2D eigenvalue weighted by atomic mass is 16.3. The van der Waals surface area contributed by atoms with Gasteiger partial charge in [-0.1, -0.05) is 0 Å². The molecular weight excluding hydrogens is 204 g/mol. The van der Waals surface area contributed by atoms with Gasteiger partial charge in [0.05, 0.1) is 11.1 Å². The van der Waals surface area contributed by atoms with E-state index in [4.69, 9.17) is 0 Å². The molecule has 94 valence electrons. The molecule has 0 aliphatic carbocycles. The van der Waals surface area contributed by atoms with Gasteiger partial charge in [-0.25, -0.2) is 0 Å². The van der Waals surface area contributed by atoms with E-state index in [2.05, 4.69) is 10.6 Å².